The second kappa shape index (κ2) is 7.43. The van der Waals surface area contributed by atoms with Crippen LogP contribution in [-0.2, 0) is 0 Å². The summed E-state index contributed by atoms with van der Waals surface area (Å²) in [5, 5.41) is 5.06. The molecule has 1 fully saturated rings. The van der Waals surface area contributed by atoms with Crippen LogP contribution >= 0.6 is 0 Å². The normalized spacial score (nSPS) is 15.6. The van der Waals surface area contributed by atoms with Gasteiger partial charge in [0.05, 0.1) is 6.21 Å². The summed E-state index contributed by atoms with van der Waals surface area (Å²) in [7, 11) is 0. The molecule has 1 saturated carbocycles. The highest BCUT2D eigenvalue weighted by molar-refractivity contribution is 5.96. The van der Waals surface area contributed by atoms with Gasteiger partial charge in [0.15, 0.2) is 5.76 Å². The fourth-order valence-electron chi connectivity index (χ4n) is 4.14. The smallest absolute Gasteiger partial charge is 0.307 e. The lowest BCUT2D eigenvalue weighted by molar-refractivity contribution is 0.0929. The first-order valence-corrected chi connectivity index (χ1v) is 9.64. The van der Waals surface area contributed by atoms with Gasteiger partial charge in [-0.3, -0.25) is 4.79 Å². The van der Waals surface area contributed by atoms with Crippen molar-refractivity contribution in [2.24, 2.45) is 5.10 Å². The van der Waals surface area contributed by atoms with Gasteiger partial charge in [-0.1, -0.05) is 37.5 Å². The number of aromatic nitrogens is 1. The number of hydrogen-bond donors (Lipinski definition) is 1. The lowest BCUT2D eigenvalue weighted by atomic mass is 9.95. The Morgan fingerprint density at radius 1 is 1.19 bits per heavy atom. The van der Waals surface area contributed by atoms with Crippen molar-refractivity contribution in [1.29, 1.82) is 0 Å². The number of benzene rings is 1. The van der Waals surface area contributed by atoms with Gasteiger partial charge in [0.25, 0.3) is 0 Å². The van der Waals surface area contributed by atoms with E-state index in [4.69, 9.17) is 4.42 Å². The third-order valence-corrected chi connectivity index (χ3v) is 5.48. The number of amides is 1. The Morgan fingerprint density at radius 2 is 1.96 bits per heavy atom. The summed E-state index contributed by atoms with van der Waals surface area (Å²) in [5.74, 6) is -0.0791. The Kier molecular flexibility index (Phi) is 4.84. The highest BCUT2D eigenvalue weighted by Gasteiger charge is 2.19. The molecular formula is C22H25N3O2. The van der Waals surface area contributed by atoms with Crippen molar-refractivity contribution in [3.63, 3.8) is 0 Å². The molecule has 0 unspecified atom stereocenters. The lowest BCUT2D eigenvalue weighted by Gasteiger charge is -2.26. The maximum absolute atomic E-state index is 12.3. The Labute approximate surface area is 159 Å². The number of hydrogen-bond acceptors (Lipinski definition) is 3. The molecule has 1 amide bonds. The van der Waals surface area contributed by atoms with Crippen molar-refractivity contribution in [1.82, 2.24) is 9.99 Å². The highest BCUT2D eigenvalue weighted by Crippen LogP contribution is 2.31. The minimum absolute atomic E-state index is 0.265. The second-order valence-corrected chi connectivity index (χ2v) is 7.34. The van der Waals surface area contributed by atoms with E-state index in [2.05, 4.69) is 35.0 Å². The van der Waals surface area contributed by atoms with Crippen molar-refractivity contribution in [2.45, 2.75) is 52.0 Å². The van der Waals surface area contributed by atoms with E-state index >= 15 is 0 Å². The van der Waals surface area contributed by atoms with Crippen LogP contribution in [0.2, 0.25) is 0 Å². The zero-order valence-corrected chi connectivity index (χ0v) is 15.9. The number of carbonyl (C=O) groups is 1. The Bertz CT molecular complexity index is 957. The maximum Gasteiger partial charge on any atom is 0.307 e. The van der Waals surface area contributed by atoms with Crippen LogP contribution in [0.1, 0.15) is 65.7 Å². The van der Waals surface area contributed by atoms with Gasteiger partial charge >= 0.3 is 5.91 Å². The molecule has 0 radical (unpaired) electrons. The highest BCUT2D eigenvalue weighted by atomic mass is 16.3. The fourth-order valence-corrected chi connectivity index (χ4v) is 4.14. The van der Waals surface area contributed by atoms with E-state index in [0.717, 1.165) is 10.9 Å². The second-order valence-electron chi connectivity index (χ2n) is 7.34. The van der Waals surface area contributed by atoms with Crippen LogP contribution in [-0.4, -0.2) is 16.7 Å². The lowest BCUT2D eigenvalue weighted by Crippen LogP contribution is -2.17. The van der Waals surface area contributed by atoms with Crippen molar-refractivity contribution in [3.8, 4) is 0 Å². The van der Waals surface area contributed by atoms with Gasteiger partial charge < -0.3 is 8.98 Å². The zero-order valence-electron chi connectivity index (χ0n) is 15.9. The molecule has 0 atom stereocenters. The number of fused-ring (bicyclic) bond motifs is 1. The molecule has 0 bridgehead atoms. The van der Waals surface area contributed by atoms with Crippen LogP contribution < -0.4 is 5.43 Å². The quantitative estimate of drug-likeness (QED) is 0.516. The van der Waals surface area contributed by atoms with Crippen molar-refractivity contribution >= 4 is 23.1 Å². The van der Waals surface area contributed by atoms with Crippen LogP contribution in [0.15, 0.2) is 45.9 Å². The van der Waals surface area contributed by atoms with Crippen LogP contribution in [0, 0.1) is 13.8 Å². The number of nitrogens with zero attached hydrogens (tertiary/aromatic N) is 2. The first-order chi connectivity index (χ1) is 13.1. The van der Waals surface area contributed by atoms with E-state index in [-0.39, 0.29) is 11.7 Å². The summed E-state index contributed by atoms with van der Waals surface area (Å²) >= 11 is 0. The van der Waals surface area contributed by atoms with Crippen LogP contribution in [0.5, 0.6) is 0 Å². The average Bonchev–Trinajstić information content (AvgIpc) is 3.23. The van der Waals surface area contributed by atoms with Crippen molar-refractivity contribution in [3.05, 3.63) is 59.1 Å². The maximum atomic E-state index is 12.3. The van der Waals surface area contributed by atoms with E-state index in [1.807, 2.05) is 24.3 Å². The van der Waals surface area contributed by atoms with E-state index in [0.29, 0.717) is 11.6 Å². The fraction of sp³-hybridized carbons (Fsp3) is 0.364. The summed E-state index contributed by atoms with van der Waals surface area (Å²) in [6.45, 7) is 4.27. The number of furan rings is 1. The molecule has 3 aromatic rings. The Hall–Kier alpha value is -2.82. The number of para-hydroxylation sites is 1. The van der Waals surface area contributed by atoms with E-state index in [9.17, 15) is 4.79 Å². The third-order valence-electron chi connectivity index (χ3n) is 5.48. The molecule has 1 aliphatic rings. The predicted octanol–water partition coefficient (Wildman–Crippen LogP) is 5.12. The average molecular weight is 363 g/mol. The van der Waals surface area contributed by atoms with Gasteiger partial charge in [0.1, 0.15) is 5.58 Å². The molecule has 27 heavy (non-hydrogen) atoms. The third kappa shape index (κ3) is 3.54. The molecule has 0 spiro atoms. The summed E-state index contributed by atoms with van der Waals surface area (Å²) in [4.78, 5) is 12.3. The predicted molar refractivity (Wildman–Crippen MR) is 107 cm³/mol. The minimum atomic E-state index is -0.344. The molecule has 5 heteroatoms. The molecule has 2 aromatic heterocycles. The summed E-state index contributed by atoms with van der Waals surface area (Å²) in [6, 6.07) is 12.0. The van der Waals surface area contributed by atoms with Gasteiger partial charge in [0, 0.05) is 28.4 Å². The number of nitrogens with one attached hydrogen (secondary N) is 1. The summed E-state index contributed by atoms with van der Waals surface area (Å²) in [6.07, 6.45) is 8.17. The Morgan fingerprint density at radius 3 is 2.74 bits per heavy atom. The molecule has 0 saturated heterocycles. The van der Waals surface area contributed by atoms with Crippen molar-refractivity contribution < 1.29 is 9.21 Å². The van der Waals surface area contributed by atoms with E-state index in [1.165, 1.54) is 43.5 Å². The van der Waals surface area contributed by atoms with E-state index in [1.54, 1.807) is 12.3 Å². The van der Waals surface area contributed by atoms with Gasteiger partial charge in [0.2, 0.25) is 0 Å². The number of rotatable bonds is 4. The first kappa shape index (κ1) is 17.6. The SMILES string of the molecule is Cc1cc(/C=N/NC(=O)c2cc3ccccc3o2)c(C)n1C1CCCCC1. The molecule has 140 valence electrons. The van der Waals surface area contributed by atoms with E-state index < -0.39 is 0 Å². The van der Waals surface area contributed by atoms with Gasteiger partial charge in [-0.2, -0.15) is 5.10 Å². The topological polar surface area (TPSA) is 59.5 Å². The van der Waals surface area contributed by atoms with Crippen LogP contribution in [0.3, 0.4) is 0 Å². The molecular weight excluding hydrogens is 338 g/mol. The van der Waals surface area contributed by atoms with Gasteiger partial charge in [-0.05, 0) is 44.9 Å². The molecule has 1 aromatic carbocycles. The summed E-state index contributed by atoms with van der Waals surface area (Å²) < 4.78 is 8.00. The molecule has 2 heterocycles. The standard InChI is InChI=1S/C22H25N3O2/c1-15-12-18(16(2)25(15)19-9-4-3-5-10-19)14-23-24-22(26)21-13-17-8-6-7-11-20(17)27-21/h6-8,11-14,19H,3-5,9-10H2,1-2H3,(H,24,26)/b23-14+. The molecule has 4 rings (SSSR count). The monoisotopic (exact) mass is 363 g/mol. The minimum Gasteiger partial charge on any atom is -0.451 e. The Balaban J connectivity index is 1.47. The van der Waals surface area contributed by atoms with Crippen LogP contribution in [0.25, 0.3) is 11.0 Å². The summed E-state index contributed by atoms with van der Waals surface area (Å²) in [5.41, 5.74) is 6.78. The number of carbonyl (C=O) groups excluding carboxylic acids is 1. The number of hydrazone groups is 1. The number of aryl methyl sites for hydroxylation is 1. The molecule has 1 aliphatic carbocycles. The molecule has 1 N–H and O–H groups in total. The van der Waals surface area contributed by atoms with Crippen LogP contribution in [0.4, 0.5) is 0 Å². The molecule has 0 aliphatic heterocycles. The van der Waals surface area contributed by atoms with Gasteiger partial charge in [-0.15, -0.1) is 0 Å². The zero-order chi connectivity index (χ0) is 18.8. The first-order valence-electron chi connectivity index (χ1n) is 9.64. The molecule has 5 nitrogen and oxygen atoms in total. The van der Waals surface area contributed by atoms with Crippen molar-refractivity contribution in [2.75, 3.05) is 0 Å². The van der Waals surface area contributed by atoms with Gasteiger partial charge in [-0.25, -0.2) is 5.43 Å². The largest absolute Gasteiger partial charge is 0.451 e.